The Labute approximate surface area is 116 Å². The van der Waals surface area contributed by atoms with Crippen LogP contribution in [0.15, 0.2) is 42.5 Å². The van der Waals surface area contributed by atoms with Crippen molar-refractivity contribution in [1.82, 2.24) is 0 Å². The zero-order valence-corrected chi connectivity index (χ0v) is 11.1. The smallest absolute Gasteiger partial charge is 0.131 e. The minimum absolute atomic E-state index is 0.0485. The highest BCUT2D eigenvalue weighted by Crippen LogP contribution is 2.16. The third kappa shape index (κ3) is 3.67. The molecule has 1 N–H and O–H groups in total. The van der Waals surface area contributed by atoms with Crippen molar-refractivity contribution in [2.45, 2.75) is 13.0 Å². The Morgan fingerprint density at radius 2 is 1.58 bits per heavy atom. The topological polar surface area (TPSA) is 12.0 Å². The fraction of sp³-hybridized carbons (Fsp3) is 0.200. The van der Waals surface area contributed by atoms with Crippen molar-refractivity contribution < 1.29 is 8.78 Å². The summed E-state index contributed by atoms with van der Waals surface area (Å²) in [7, 11) is 0. The van der Waals surface area contributed by atoms with Crippen LogP contribution in [-0.2, 0) is 13.0 Å². The molecule has 0 radical (unpaired) electrons. The van der Waals surface area contributed by atoms with Crippen LogP contribution in [0.5, 0.6) is 0 Å². The molecule has 0 aliphatic rings. The first-order valence-corrected chi connectivity index (χ1v) is 6.56. The molecular formula is C15H14ClF2N. The summed E-state index contributed by atoms with van der Waals surface area (Å²) < 4.78 is 26.8. The van der Waals surface area contributed by atoms with E-state index in [-0.39, 0.29) is 12.1 Å². The van der Waals surface area contributed by atoms with E-state index in [1.54, 1.807) is 0 Å². The average molecular weight is 282 g/mol. The van der Waals surface area contributed by atoms with Crippen molar-refractivity contribution >= 4 is 17.3 Å². The van der Waals surface area contributed by atoms with Gasteiger partial charge in [0.1, 0.15) is 11.6 Å². The van der Waals surface area contributed by atoms with Gasteiger partial charge in [0.15, 0.2) is 0 Å². The van der Waals surface area contributed by atoms with Crippen molar-refractivity contribution in [2.24, 2.45) is 0 Å². The Balaban J connectivity index is 2.02. The second-order valence-corrected chi connectivity index (χ2v) is 4.57. The second kappa shape index (κ2) is 6.53. The molecule has 0 unspecified atom stereocenters. The van der Waals surface area contributed by atoms with Gasteiger partial charge in [-0.05, 0) is 36.2 Å². The van der Waals surface area contributed by atoms with Gasteiger partial charge in [0.2, 0.25) is 0 Å². The van der Waals surface area contributed by atoms with E-state index in [9.17, 15) is 8.78 Å². The fourth-order valence-electron chi connectivity index (χ4n) is 1.79. The summed E-state index contributed by atoms with van der Waals surface area (Å²) in [6.07, 6.45) is 0.809. The quantitative estimate of drug-likeness (QED) is 0.803. The molecule has 4 heteroatoms. The van der Waals surface area contributed by atoms with Crippen LogP contribution in [0.2, 0.25) is 0 Å². The standard InChI is InChI=1S/C15H14ClF2N/c16-9-8-11-4-6-12(7-5-11)19-10-13-14(17)2-1-3-15(13)18/h1-7,19H,8-10H2. The highest BCUT2D eigenvalue weighted by atomic mass is 35.5. The van der Waals surface area contributed by atoms with Crippen LogP contribution in [0.4, 0.5) is 14.5 Å². The summed E-state index contributed by atoms with van der Waals surface area (Å²) in [4.78, 5) is 0. The number of anilines is 1. The van der Waals surface area contributed by atoms with Crippen LogP contribution in [0.1, 0.15) is 11.1 Å². The molecule has 0 bridgehead atoms. The number of nitrogens with one attached hydrogen (secondary N) is 1. The van der Waals surface area contributed by atoms with Crippen molar-refractivity contribution in [3.8, 4) is 0 Å². The molecule has 0 aromatic heterocycles. The van der Waals surface area contributed by atoms with Gasteiger partial charge in [-0.1, -0.05) is 18.2 Å². The van der Waals surface area contributed by atoms with Gasteiger partial charge in [-0.2, -0.15) is 0 Å². The third-order valence-corrected chi connectivity index (χ3v) is 3.06. The zero-order chi connectivity index (χ0) is 13.7. The predicted molar refractivity (Wildman–Crippen MR) is 74.6 cm³/mol. The first-order chi connectivity index (χ1) is 9.20. The molecule has 0 aliphatic heterocycles. The Morgan fingerprint density at radius 3 is 2.16 bits per heavy atom. The van der Waals surface area contributed by atoms with E-state index in [0.29, 0.717) is 5.88 Å². The summed E-state index contributed by atoms with van der Waals surface area (Å²) >= 11 is 5.65. The summed E-state index contributed by atoms with van der Waals surface area (Å²) in [6, 6.07) is 11.5. The van der Waals surface area contributed by atoms with Gasteiger partial charge in [0.25, 0.3) is 0 Å². The molecule has 2 aromatic carbocycles. The number of aryl methyl sites for hydroxylation is 1. The van der Waals surface area contributed by atoms with Gasteiger partial charge in [-0.3, -0.25) is 0 Å². The maximum atomic E-state index is 13.4. The van der Waals surface area contributed by atoms with Gasteiger partial charge in [-0.25, -0.2) is 8.78 Å². The summed E-state index contributed by atoms with van der Waals surface area (Å²) in [5, 5.41) is 3.00. The molecule has 0 saturated heterocycles. The van der Waals surface area contributed by atoms with Gasteiger partial charge >= 0.3 is 0 Å². The second-order valence-electron chi connectivity index (χ2n) is 4.19. The Morgan fingerprint density at radius 1 is 0.947 bits per heavy atom. The molecule has 2 aromatic rings. The minimum atomic E-state index is -0.536. The maximum absolute atomic E-state index is 13.4. The van der Waals surface area contributed by atoms with E-state index < -0.39 is 11.6 Å². The maximum Gasteiger partial charge on any atom is 0.131 e. The third-order valence-electron chi connectivity index (χ3n) is 2.87. The molecule has 0 fully saturated rings. The molecule has 2 rings (SSSR count). The lowest BCUT2D eigenvalue weighted by atomic mass is 10.1. The molecule has 0 heterocycles. The zero-order valence-electron chi connectivity index (χ0n) is 10.3. The molecule has 0 amide bonds. The van der Waals surface area contributed by atoms with Crippen molar-refractivity contribution in [3.63, 3.8) is 0 Å². The van der Waals surface area contributed by atoms with Gasteiger partial charge < -0.3 is 5.32 Å². The van der Waals surface area contributed by atoms with Crippen molar-refractivity contribution in [1.29, 1.82) is 0 Å². The van der Waals surface area contributed by atoms with Gasteiger partial charge in [0.05, 0.1) is 0 Å². The Bertz CT molecular complexity index is 520. The normalized spacial score (nSPS) is 10.5. The number of hydrogen-bond donors (Lipinski definition) is 1. The SMILES string of the molecule is Fc1cccc(F)c1CNc1ccc(CCCl)cc1. The van der Waals surface area contributed by atoms with E-state index >= 15 is 0 Å². The van der Waals surface area contributed by atoms with Crippen LogP contribution < -0.4 is 5.32 Å². The lowest BCUT2D eigenvalue weighted by Crippen LogP contribution is -2.04. The first-order valence-electron chi connectivity index (χ1n) is 6.02. The monoisotopic (exact) mass is 281 g/mol. The minimum Gasteiger partial charge on any atom is -0.381 e. The Hall–Kier alpha value is -1.61. The molecule has 0 atom stereocenters. The molecular weight excluding hydrogens is 268 g/mol. The summed E-state index contributed by atoms with van der Waals surface area (Å²) in [5.41, 5.74) is 2.01. The van der Waals surface area contributed by atoms with Crippen LogP contribution in [-0.4, -0.2) is 5.88 Å². The van der Waals surface area contributed by atoms with Gasteiger partial charge in [0, 0.05) is 23.7 Å². The van der Waals surface area contributed by atoms with Crippen LogP contribution in [0.3, 0.4) is 0 Å². The predicted octanol–water partition coefficient (Wildman–Crippen LogP) is 4.36. The van der Waals surface area contributed by atoms with E-state index in [2.05, 4.69) is 5.32 Å². The average Bonchev–Trinajstić information content (AvgIpc) is 2.40. The number of hydrogen-bond acceptors (Lipinski definition) is 1. The van der Waals surface area contributed by atoms with E-state index in [4.69, 9.17) is 11.6 Å². The number of benzene rings is 2. The van der Waals surface area contributed by atoms with Crippen molar-refractivity contribution in [3.05, 3.63) is 65.2 Å². The fourth-order valence-corrected chi connectivity index (χ4v) is 2.01. The molecule has 19 heavy (non-hydrogen) atoms. The number of halogens is 3. The summed E-state index contributed by atoms with van der Waals surface area (Å²) in [6.45, 7) is 0.118. The molecule has 1 nitrogen and oxygen atoms in total. The lowest BCUT2D eigenvalue weighted by Gasteiger charge is -2.09. The molecule has 0 aliphatic carbocycles. The largest absolute Gasteiger partial charge is 0.381 e. The van der Waals surface area contributed by atoms with Crippen LogP contribution in [0, 0.1) is 11.6 Å². The van der Waals surface area contributed by atoms with Gasteiger partial charge in [-0.15, -0.1) is 11.6 Å². The highest BCUT2D eigenvalue weighted by Gasteiger charge is 2.07. The number of rotatable bonds is 5. The van der Waals surface area contributed by atoms with E-state index in [0.717, 1.165) is 17.7 Å². The molecule has 0 saturated carbocycles. The van der Waals surface area contributed by atoms with E-state index in [1.807, 2.05) is 24.3 Å². The Kier molecular flexibility index (Phi) is 4.74. The van der Waals surface area contributed by atoms with Crippen LogP contribution >= 0.6 is 11.6 Å². The first kappa shape index (κ1) is 13.8. The van der Waals surface area contributed by atoms with Crippen LogP contribution in [0.25, 0.3) is 0 Å². The number of alkyl halides is 1. The lowest BCUT2D eigenvalue weighted by molar-refractivity contribution is 0.560. The summed E-state index contributed by atoms with van der Waals surface area (Å²) in [5.74, 6) is -0.495. The highest BCUT2D eigenvalue weighted by molar-refractivity contribution is 6.17. The van der Waals surface area contributed by atoms with Crippen molar-refractivity contribution in [2.75, 3.05) is 11.2 Å². The molecule has 100 valence electrons. The molecule has 0 spiro atoms. The van der Waals surface area contributed by atoms with E-state index in [1.165, 1.54) is 18.2 Å².